The molecule has 0 radical (unpaired) electrons. The summed E-state index contributed by atoms with van der Waals surface area (Å²) in [5, 5.41) is 0. The van der Waals surface area contributed by atoms with Gasteiger partial charge in [0.25, 0.3) is 0 Å². The van der Waals surface area contributed by atoms with E-state index in [1.165, 1.54) is 50.1 Å². The van der Waals surface area contributed by atoms with Crippen LogP contribution in [0, 0.1) is 0 Å². The fraction of sp³-hybridized carbons (Fsp3) is 1.00. The Morgan fingerprint density at radius 1 is 0.917 bits per heavy atom. The Labute approximate surface area is 81.0 Å². The van der Waals surface area contributed by atoms with Gasteiger partial charge in [0, 0.05) is 9.52 Å². The second-order valence-electron chi connectivity index (χ2n) is 3.94. The van der Waals surface area contributed by atoms with Crippen LogP contribution in [-0.4, -0.2) is 9.52 Å². The van der Waals surface area contributed by atoms with Gasteiger partial charge in [-0.3, -0.25) is 0 Å². The minimum Gasteiger partial charge on any atom is -0.0683 e. The van der Waals surface area contributed by atoms with Crippen LogP contribution in [0.5, 0.6) is 0 Å². The molecule has 0 nitrogen and oxygen atoms in total. The van der Waals surface area contributed by atoms with Gasteiger partial charge < -0.3 is 0 Å². The third-order valence-corrected chi connectivity index (χ3v) is 4.84. The molecular formula is C11H26Si. The highest BCUT2D eigenvalue weighted by atomic mass is 28.2. The summed E-state index contributed by atoms with van der Waals surface area (Å²) < 4.78 is 0. The van der Waals surface area contributed by atoms with E-state index in [4.69, 9.17) is 0 Å². The van der Waals surface area contributed by atoms with Crippen LogP contribution in [0.1, 0.15) is 59.3 Å². The molecule has 0 spiro atoms. The lowest BCUT2D eigenvalue weighted by molar-refractivity contribution is 0.596. The molecule has 74 valence electrons. The summed E-state index contributed by atoms with van der Waals surface area (Å²) in [4.78, 5) is 0. The topological polar surface area (TPSA) is 0 Å². The third-order valence-electron chi connectivity index (χ3n) is 2.63. The van der Waals surface area contributed by atoms with Gasteiger partial charge in [0.15, 0.2) is 0 Å². The first kappa shape index (κ1) is 12.2. The van der Waals surface area contributed by atoms with Crippen LogP contribution in [0.25, 0.3) is 0 Å². The third kappa shape index (κ3) is 6.90. The van der Waals surface area contributed by atoms with Gasteiger partial charge in [-0.25, -0.2) is 0 Å². The van der Waals surface area contributed by atoms with E-state index in [-0.39, 0.29) is 0 Å². The lowest BCUT2D eigenvalue weighted by Gasteiger charge is -2.14. The molecule has 0 aromatic rings. The zero-order valence-electron chi connectivity index (χ0n) is 9.23. The van der Waals surface area contributed by atoms with E-state index in [9.17, 15) is 0 Å². The summed E-state index contributed by atoms with van der Waals surface area (Å²) in [5.74, 6) is 0. The monoisotopic (exact) mass is 186 g/mol. The molecule has 0 atom stereocenters. The molecule has 0 aromatic carbocycles. The lowest BCUT2D eigenvalue weighted by Crippen LogP contribution is -2.02. The van der Waals surface area contributed by atoms with Gasteiger partial charge in [0.1, 0.15) is 0 Å². The average Bonchev–Trinajstić information content (AvgIpc) is 2.10. The van der Waals surface area contributed by atoms with Crippen molar-refractivity contribution in [3.8, 4) is 0 Å². The smallest absolute Gasteiger partial charge is 0.0229 e. The summed E-state index contributed by atoms with van der Waals surface area (Å²) in [5.41, 5.74) is 1.18. The second kappa shape index (κ2) is 9.31. The molecule has 0 heterocycles. The minimum absolute atomic E-state index is 0.295. The van der Waals surface area contributed by atoms with Crippen molar-refractivity contribution in [3.63, 3.8) is 0 Å². The molecule has 0 saturated heterocycles. The zero-order valence-corrected chi connectivity index (χ0v) is 10.6. The quantitative estimate of drug-likeness (QED) is 0.506. The van der Waals surface area contributed by atoms with E-state index in [0.717, 1.165) is 0 Å². The zero-order chi connectivity index (χ0) is 9.23. The first-order valence-electron chi connectivity index (χ1n) is 5.85. The van der Waals surface area contributed by atoms with Crippen LogP contribution in [0.15, 0.2) is 0 Å². The standard InChI is InChI=1S/C11H26Si/c1-4-7-9-11(12-6-3)10-8-5-2/h11H,4-10,12H2,1-3H3. The molecule has 0 aliphatic carbocycles. The molecule has 0 saturated carbocycles. The minimum atomic E-state index is 0.295. The van der Waals surface area contributed by atoms with Crippen molar-refractivity contribution in [3.05, 3.63) is 0 Å². The lowest BCUT2D eigenvalue weighted by atomic mass is 10.1. The van der Waals surface area contributed by atoms with Gasteiger partial charge in [-0.05, 0) is 0 Å². The van der Waals surface area contributed by atoms with Crippen LogP contribution in [0.2, 0.25) is 11.6 Å². The number of rotatable bonds is 8. The molecule has 0 bridgehead atoms. The van der Waals surface area contributed by atoms with E-state index in [0.29, 0.717) is 9.52 Å². The van der Waals surface area contributed by atoms with Crippen molar-refractivity contribution in [2.75, 3.05) is 0 Å². The van der Waals surface area contributed by atoms with Crippen LogP contribution >= 0.6 is 0 Å². The molecule has 0 N–H and O–H groups in total. The molecule has 12 heavy (non-hydrogen) atoms. The van der Waals surface area contributed by atoms with Crippen molar-refractivity contribution in [2.24, 2.45) is 0 Å². The van der Waals surface area contributed by atoms with Gasteiger partial charge >= 0.3 is 0 Å². The van der Waals surface area contributed by atoms with Gasteiger partial charge in [0.05, 0.1) is 0 Å². The van der Waals surface area contributed by atoms with Crippen LogP contribution in [-0.2, 0) is 0 Å². The Hall–Kier alpha value is 0.217. The maximum Gasteiger partial charge on any atom is 0.0229 e. The molecule has 0 aromatic heterocycles. The van der Waals surface area contributed by atoms with E-state index in [1.54, 1.807) is 0 Å². The Morgan fingerprint density at radius 3 is 1.75 bits per heavy atom. The summed E-state index contributed by atoms with van der Waals surface area (Å²) in [7, 11) is 0.295. The summed E-state index contributed by atoms with van der Waals surface area (Å²) >= 11 is 0. The van der Waals surface area contributed by atoms with Crippen LogP contribution < -0.4 is 0 Å². The number of hydrogen-bond acceptors (Lipinski definition) is 0. The predicted octanol–water partition coefficient (Wildman–Crippen LogP) is 3.76. The average molecular weight is 186 g/mol. The fourth-order valence-corrected chi connectivity index (χ4v) is 3.80. The van der Waals surface area contributed by atoms with E-state index < -0.39 is 0 Å². The van der Waals surface area contributed by atoms with E-state index in [1.807, 2.05) is 0 Å². The SMILES string of the molecule is CCCCC(CCCC)[SiH2]CC. The largest absolute Gasteiger partial charge is 0.0683 e. The summed E-state index contributed by atoms with van der Waals surface area (Å²) in [6.45, 7) is 6.99. The molecule has 1 heteroatoms. The van der Waals surface area contributed by atoms with E-state index >= 15 is 0 Å². The maximum atomic E-state index is 2.37. The fourth-order valence-electron chi connectivity index (χ4n) is 1.83. The first-order chi connectivity index (χ1) is 5.85. The molecule has 0 unspecified atom stereocenters. The van der Waals surface area contributed by atoms with Gasteiger partial charge in [-0.1, -0.05) is 70.9 Å². The van der Waals surface area contributed by atoms with Crippen molar-refractivity contribution < 1.29 is 0 Å². The van der Waals surface area contributed by atoms with Crippen molar-refractivity contribution in [1.29, 1.82) is 0 Å². The summed E-state index contributed by atoms with van der Waals surface area (Å²) in [6, 6.07) is 1.51. The van der Waals surface area contributed by atoms with Crippen LogP contribution in [0.4, 0.5) is 0 Å². The second-order valence-corrected chi connectivity index (χ2v) is 6.67. The first-order valence-corrected chi connectivity index (χ1v) is 7.66. The Morgan fingerprint density at radius 2 is 1.42 bits per heavy atom. The number of hydrogen-bond donors (Lipinski definition) is 0. The molecular weight excluding hydrogens is 160 g/mol. The molecule has 0 amide bonds. The Kier molecular flexibility index (Phi) is 9.47. The number of unbranched alkanes of at least 4 members (excludes halogenated alkanes) is 2. The highest BCUT2D eigenvalue weighted by Gasteiger charge is 2.06. The van der Waals surface area contributed by atoms with Crippen molar-refractivity contribution in [2.45, 2.75) is 70.9 Å². The van der Waals surface area contributed by atoms with Gasteiger partial charge in [0.2, 0.25) is 0 Å². The molecule has 0 aliphatic heterocycles. The molecule has 0 rings (SSSR count). The van der Waals surface area contributed by atoms with Crippen LogP contribution in [0.3, 0.4) is 0 Å². The van der Waals surface area contributed by atoms with Gasteiger partial charge in [-0.15, -0.1) is 0 Å². The maximum absolute atomic E-state index is 2.37. The Balaban J connectivity index is 3.40. The van der Waals surface area contributed by atoms with Crippen molar-refractivity contribution in [1.82, 2.24) is 0 Å². The predicted molar refractivity (Wildman–Crippen MR) is 61.8 cm³/mol. The highest BCUT2D eigenvalue weighted by molar-refractivity contribution is 6.37. The summed E-state index contributed by atoms with van der Waals surface area (Å²) in [6.07, 6.45) is 8.80. The van der Waals surface area contributed by atoms with Crippen molar-refractivity contribution >= 4 is 9.52 Å². The van der Waals surface area contributed by atoms with E-state index in [2.05, 4.69) is 20.8 Å². The molecule has 0 aliphatic rings. The Bertz CT molecular complexity index is 73.1. The molecule has 0 fully saturated rings. The highest BCUT2D eigenvalue weighted by Crippen LogP contribution is 2.21. The van der Waals surface area contributed by atoms with Gasteiger partial charge in [-0.2, -0.15) is 0 Å². The normalized spacial score (nSPS) is 12.0.